The molecule has 19 heteroatoms. The molecule has 4 aliphatic heterocycles. The van der Waals surface area contributed by atoms with Crippen LogP contribution >= 0.6 is 0 Å². The number of imidazole rings is 1. The molecule has 3 atom stereocenters. The number of sulfone groups is 1. The molecule has 1 N–H and O–H groups in total. The highest BCUT2D eigenvalue weighted by molar-refractivity contribution is 7.92. The second-order valence-corrected chi connectivity index (χ2v) is 18.0. The fraction of sp³-hybridized carbons (Fsp3) is 0.385. The van der Waals surface area contributed by atoms with Crippen molar-refractivity contribution < 1.29 is 31.1 Å². The molecule has 10 rings (SSSR count). The molecule has 0 radical (unpaired) electrons. The highest BCUT2D eigenvalue weighted by Crippen LogP contribution is 2.44. The van der Waals surface area contributed by atoms with E-state index in [-0.39, 0.29) is 59.2 Å². The Morgan fingerprint density at radius 2 is 1.76 bits per heavy atom. The van der Waals surface area contributed by atoms with Crippen LogP contribution in [0.25, 0.3) is 39.0 Å². The lowest BCUT2D eigenvalue weighted by Gasteiger charge is -2.54. The summed E-state index contributed by atoms with van der Waals surface area (Å²) in [5, 5.41) is 8.43. The Morgan fingerprint density at radius 1 is 0.948 bits per heavy atom. The zero-order chi connectivity index (χ0) is 40.2. The number of fused-ring (bicyclic) bond motifs is 6. The van der Waals surface area contributed by atoms with E-state index in [9.17, 15) is 17.6 Å². The minimum Gasteiger partial charge on any atom is -0.378 e. The number of nitrogens with one attached hydrogen (secondary N) is 1. The Bertz CT molecular complexity index is 2780. The summed E-state index contributed by atoms with van der Waals surface area (Å²) in [6, 6.07) is 10.4. The molecule has 0 saturated carbocycles. The van der Waals surface area contributed by atoms with Crippen LogP contribution in [0.5, 0.6) is 0 Å². The van der Waals surface area contributed by atoms with Crippen molar-refractivity contribution in [3.63, 3.8) is 0 Å². The van der Waals surface area contributed by atoms with E-state index < -0.39 is 39.4 Å². The molecule has 3 saturated heterocycles. The van der Waals surface area contributed by atoms with Gasteiger partial charge in [-0.25, -0.2) is 36.2 Å². The molecule has 15 nitrogen and oxygen atoms in total. The summed E-state index contributed by atoms with van der Waals surface area (Å²) in [6.45, 7) is 3.46. The summed E-state index contributed by atoms with van der Waals surface area (Å²) in [7, 11) is 0.207. The largest absolute Gasteiger partial charge is 0.378 e. The zero-order valence-corrected chi connectivity index (χ0v) is 32.5. The summed E-state index contributed by atoms with van der Waals surface area (Å²) in [4.78, 5) is 39.6. The molecule has 2 aromatic carbocycles. The number of hydrogen-bond donors (Lipinski definition) is 1. The van der Waals surface area contributed by atoms with Gasteiger partial charge in [-0.3, -0.25) is 4.79 Å². The molecule has 58 heavy (non-hydrogen) atoms. The highest BCUT2D eigenvalue weighted by Gasteiger charge is 2.56. The van der Waals surface area contributed by atoms with Gasteiger partial charge in [0, 0.05) is 69.5 Å². The number of methoxy groups -OCH3 is 1. The van der Waals surface area contributed by atoms with Gasteiger partial charge >= 0.3 is 0 Å². The third-order valence-corrected chi connectivity index (χ3v) is 13.8. The number of carbonyl (C=O) groups excluding carboxylic acids is 1. The first-order chi connectivity index (χ1) is 27.8. The second kappa shape index (κ2) is 13.1. The number of halogens is 3. The minimum absolute atomic E-state index is 0.0321. The highest BCUT2D eigenvalue weighted by atomic mass is 32.2. The number of ether oxygens (including phenoxy) is 1. The van der Waals surface area contributed by atoms with Gasteiger partial charge in [-0.05, 0) is 43.7 Å². The monoisotopic (exact) mass is 813 g/mol. The average Bonchev–Trinajstić information content (AvgIpc) is 3.86. The van der Waals surface area contributed by atoms with E-state index in [1.54, 1.807) is 19.1 Å². The molecule has 3 fully saturated rings. The number of carbonyl (C=O) groups is 1. The molecule has 0 unspecified atom stereocenters. The van der Waals surface area contributed by atoms with E-state index in [0.29, 0.717) is 71.2 Å². The van der Waals surface area contributed by atoms with Crippen molar-refractivity contribution in [1.29, 1.82) is 0 Å². The molecule has 1 amide bonds. The zero-order valence-electron chi connectivity index (χ0n) is 31.7. The van der Waals surface area contributed by atoms with Crippen molar-refractivity contribution in [3.8, 4) is 16.9 Å². The molecule has 6 aromatic rings. The molecule has 300 valence electrons. The molecule has 8 heterocycles. The summed E-state index contributed by atoms with van der Waals surface area (Å²) in [5.74, 6) is -0.273. The number of aryl methyl sites for hydroxylation is 1. The predicted molar refractivity (Wildman–Crippen MR) is 209 cm³/mol. The third-order valence-electron chi connectivity index (χ3n) is 11.7. The van der Waals surface area contributed by atoms with Crippen molar-refractivity contribution in [1.82, 2.24) is 39.2 Å². The van der Waals surface area contributed by atoms with Crippen molar-refractivity contribution in [2.75, 3.05) is 67.0 Å². The number of likely N-dealkylation sites (N-methyl/N-ethyl adjacent to an activating group) is 1. The Hall–Kier alpha value is -5.82. The number of pyridine rings is 1. The van der Waals surface area contributed by atoms with Gasteiger partial charge in [0.25, 0.3) is 0 Å². The van der Waals surface area contributed by atoms with Gasteiger partial charge < -0.3 is 29.3 Å². The number of aromatic nitrogens is 7. The maximum absolute atomic E-state index is 15.3. The van der Waals surface area contributed by atoms with E-state index in [1.807, 2.05) is 39.5 Å². The number of hydrogen-bond acceptors (Lipinski definition) is 12. The Morgan fingerprint density at radius 3 is 2.52 bits per heavy atom. The van der Waals surface area contributed by atoms with Crippen molar-refractivity contribution in [3.05, 3.63) is 78.0 Å². The average molecular weight is 814 g/mol. The van der Waals surface area contributed by atoms with Gasteiger partial charge in [-0.15, -0.1) is 0 Å². The van der Waals surface area contributed by atoms with Crippen LogP contribution in [0.1, 0.15) is 12.2 Å². The number of benzene rings is 2. The Labute approximate surface area is 330 Å². The lowest BCUT2D eigenvalue weighted by atomic mass is 9.83. The van der Waals surface area contributed by atoms with E-state index in [2.05, 4.69) is 15.4 Å². The number of nitrogens with zero attached hydrogens (tertiary/aromatic N) is 10. The number of anilines is 3. The van der Waals surface area contributed by atoms with Crippen LogP contribution in [-0.2, 0) is 25.9 Å². The fourth-order valence-corrected chi connectivity index (χ4v) is 11.3. The number of rotatable bonds is 4. The van der Waals surface area contributed by atoms with Gasteiger partial charge in [0.2, 0.25) is 11.9 Å². The quantitative estimate of drug-likeness (QED) is 0.276. The summed E-state index contributed by atoms with van der Waals surface area (Å²) >= 11 is 0. The molecule has 1 spiro atoms. The van der Waals surface area contributed by atoms with Gasteiger partial charge in [-0.2, -0.15) is 15.1 Å². The molecule has 4 aromatic heterocycles. The van der Waals surface area contributed by atoms with E-state index in [1.165, 1.54) is 29.1 Å². The fourth-order valence-electron chi connectivity index (χ4n) is 9.16. The van der Waals surface area contributed by atoms with Crippen LogP contribution in [0.3, 0.4) is 0 Å². The third kappa shape index (κ3) is 6.00. The first-order valence-electron chi connectivity index (χ1n) is 18.9. The van der Waals surface area contributed by atoms with E-state index in [0.717, 1.165) is 12.1 Å². The molecule has 4 bridgehead atoms. The van der Waals surface area contributed by atoms with Crippen molar-refractivity contribution in [2.24, 2.45) is 5.41 Å². The maximum atomic E-state index is 15.3. The van der Waals surface area contributed by atoms with Gasteiger partial charge in [0.05, 0.1) is 52.5 Å². The summed E-state index contributed by atoms with van der Waals surface area (Å²) in [5.41, 5.74) is 2.10. The lowest BCUT2D eigenvalue weighted by molar-refractivity contribution is -0.132. The predicted octanol–water partition coefficient (Wildman–Crippen LogP) is 3.73. The normalized spacial score (nSPS) is 22.5. The second-order valence-electron chi connectivity index (χ2n) is 15.9. The molecular weight excluding hydrogens is 776 g/mol. The van der Waals surface area contributed by atoms with Gasteiger partial charge in [-0.1, -0.05) is 6.07 Å². The van der Waals surface area contributed by atoms with Crippen LogP contribution in [0.4, 0.5) is 30.8 Å². The first kappa shape index (κ1) is 36.5. The summed E-state index contributed by atoms with van der Waals surface area (Å²) < 4.78 is 77.9. The lowest BCUT2D eigenvalue weighted by Crippen LogP contribution is -2.68. The minimum atomic E-state index is -3.10. The molecular formula is C39H38F3N11O4S. The number of amides is 1. The summed E-state index contributed by atoms with van der Waals surface area (Å²) in [6.07, 6.45) is 1.36. The Kier molecular flexibility index (Phi) is 8.25. The van der Waals surface area contributed by atoms with Crippen LogP contribution in [-0.4, -0.2) is 124 Å². The van der Waals surface area contributed by atoms with Crippen LogP contribution in [0.15, 0.2) is 54.7 Å². The standard InChI is InChI=1S/C39H38F3N11O4S/c1-21-44-30-11-23(41)9-26-29-5-4-6-33(46-29)45-24-12-32(37(54)49(2)15-25(57-3)16-51(21)34(26)30)52(14-24)35-27-13-43-53(31-8-7-22(40)10-28(31)42)36(27)48-38(47-35)50-17-39(18-50)19-58(55,56)20-39/h4-11,13,24-25,32H,12,14-20H2,1-3H3,(H,45,46)/t24-,25-,32-/m0/s1. The molecule has 0 aliphatic carbocycles. The topological polar surface area (TPSA) is 156 Å². The first-order valence-corrected chi connectivity index (χ1v) is 20.7. The Balaban J connectivity index is 1.09. The smallest absolute Gasteiger partial charge is 0.245 e. The maximum Gasteiger partial charge on any atom is 0.245 e. The van der Waals surface area contributed by atoms with E-state index in [4.69, 9.17) is 19.7 Å². The molecule has 4 aliphatic rings. The van der Waals surface area contributed by atoms with Crippen LogP contribution < -0.4 is 15.1 Å². The van der Waals surface area contributed by atoms with Gasteiger partial charge in [0.1, 0.15) is 40.8 Å². The van der Waals surface area contributed by atoms with Crippen LogP contribution in [0.2, 0.25) is 0 Å². The van der Waals surface area contributed by atoms with Gasteiger partial charge in [0.15, 0.2) is 21.3 Å². The van der Waals surface area contributed by atoms with E-state index >= 15 is 8.78 Å². The van der Waals surface area contributed by atoms with Crippen molar-refractivity contribution >= 4 is 55.4 Å². The SMILES string of the molecule is CO[C@H]1CN(C)C(=O)[C@@H]2C[C@@H](CN2c2nc(N3CC4(C3)CS(=O)(=O)C4)nc3c2cnn3-c2ccc(F)cc2F)Nc2cccc(n2)-c2cc(F)cc3nc(C)n(c23)C1. The van der Waals surface area contributed by atoms with Crippen molar-refractivity contribution in [2.45, 2.75) is 38.1 Å². The van der Waals surface area contributed by atoms with Crippen LogP contribution in [0, 0.1) is 29.8 Å².